The molecule has 0 heterocycles. The van der Waals surface area contributed by atoms with Crippen LogP contribution in [0.25, 0.3) is 0 Å². The number of esters is 1. The fraction of sp³-hybridized carbons (Fsp3) is 0.682. The zero-order valence-corrected chi connectivity index (χ0v) is 31.3. The molecule has 0 aromatic carbocycles. The van der Waals surface area contributed by atoms with Crippen molar-refractivity contribution in [1.82, 2.24) is 0 Å². The summed E-state index contributed by atoms with van der Waals surface area (Å²) in [6.07, 6.45) is 55.0. The molecule has 0 aromatic heterocycles. The lowest BCUT2D eigenvalue weighted by molar-refractivity contribution is -0.153. The van der Waals surface area contributed by atoms with Crippen LogP contribution in [-0.4, -0.2) is 23.1 Å². The fourth-order valence-corrected chi connectivity index (χ4v) is 5.58. The van der Waals surface area contributed by atoms with Gasteiger partial charge in [0.05, 0.1) is 6.42 Å². The van der Waals surface area contributed by atoms with E-state index in [1.807, 2.05) is 6.08 Å². The van der Waals surface area contributed by atoms with Crippen LogP contribution in [0.1, 0.15) is 187 Å². The van der Waals surface area contributed by atoms with Crippen molar-refractivity contribution in [2.45, 2.75) is 193 Å². The normalized spacial score (nSPS) is 13.0. The Morgan fingerprint density at radius 3 is 1.23 bits per heavy atom. The Morgan fingerprint density at radius 2 is 0.854 bits per heavy atom. The number of carboxylic acid groups (broad SMARTS) is 1. The molecule has 0 spiro atoms. The van der Waals surface area contributed by atoms with E-state index in [-0.39, 0.29) is 18.8 Å². The summed E-state index contributed by atoms with van der Waals surface area (Å²) in [4.78, 5) is 23.6. The molecule has 0 fully saturated rings. The molecule has 0 rings (SSSR count). The summed E-state index contributed by atoms with van der Waals surface area (Å²) in [5, 5.41) is 9.27. The summed E-state index contributed by atoms with van der Waals surface area (Å²) in [6.45, 7) is 4.43. The Bertz CT molecular complexity index is 892. The molecule has 48 heavy (non-hydrogen) atoms. The van der Waals surface area contributed by atoms with Gasteiger partial charge in [0, 0.05) is 6.42 Å². The smallest absolute Gasteiger partial charge is 0.307 e. The number of carbonyl (C=O) groups is 2. The van der Waals surface area contributed by atoms with Crippen LogP contribution in [-0.2, 0) is 14.3 Å². The minimum absolute atomic E-state index is 0.107. The second-order valence-electron chi connectivity index (χ2n) is 13.1. The minimum atomic E-state index is -0.906. The summed E-state index contributed by atoms with van der Waals surface area (Å²) in [5.74, 6) is -1.20. The molecule has 0 aliphatic carbocycles. The Kier molecular flexibility index (Phi) is 36.7. The fourth-order valence-electron chi connectivity index (χ4n) is 5.58. The average molecular weight is 667 g/mol. The summed E-state index contributed by atoms with van der Waals surface area (Å²) in [5.41, 5.74) is 0. The van der Waals surface area contributed by atoms with Crippen molar-refractivity contribution in [1.29, 1.82) is 0 Å². The van der Waals surface area contributed by atoms with Gasteiger partial charge < -0.3 is 9.84 Å². The number of rotatable bonds is 35. The largest absolute Gasteiger partial charge is 0.481 e. The predicted octanol–water partition coefficient (Wildman–Crippen LogP) is 13.9. The zero-order valence-electron chi connectivity index (χ0n) is 31.3. The van der Waals surface area contributed by atoms with Gasteiger partial charge in [-0.15, -0.1) is 0 Å². The predicted molar refractivity (Wildman–Crippen MR) is 208 cm³/mol. The molecule has 0 aromatic rings. The number of carbonyl (C=O) groups excluding carboxylic acids is 1. The lowest BCUT2D eigenvalue weighted by Gasteiger charge is -2.16. The van der Waals surface area contributed by atoms with Gasteiger partial charge in [0.1, 0.15) is 6.10 Å². The van der Waals surface area contributed by atoms with Crippen LogP contribution in [0.15, 0.2) is 72.9 Å². The molecule has 4 nitrogen and oxygen atoms in total. The first-order valence-corrected chi connectivity index (χ1v) is 19.9. The highest BCUT2D eigenvalue weighted by atomic mass is 16.5. The van der Waals surface area contributed by atoms with Gasteiger partial charge in [0.15, 0.2) is 0 Å². The van der Waals surface area contributed by atoms with E-state index in [0.29, 0.717) is 12.8 Å². The number of hydrogen-bond donors (Lipinski definition) is 1. The number of unbranched alkanes of at least 4 members (excludes halogenated alkanes) is 16. The van der Waals surface area contributed by atoms with Crippen molar-refractivity contribution in [2.24, 2.45) is 0 Å². The number of ether oxygens (including phenoxy) is 1. The number of allylic oxidation sites excluding steroid dienone is 12. The second-order valence-corrected chi connectivity index (χ2v) is 13.1. The Balaban J connectivity index is 3.80. The van der Waals surface area contributed by atoms with Gasteiger partial charge in [-0.3, -0.25) is 9.59 Å². The van der Waals surface area contributed by atoms with E-state index < -0.39 is 12.1 Å². The van der Waals surface area contributed by atoms with E-state index in [1.54, 1.807) is 0 Å². The number of carboxylic acids is 1. The number of hydrogen-bond acceptors (Lipinski definition) is 3. The van der Waals surface area contributed by atoms with Crippen molar-refractivity contribution in [3.05, 3.63) is 72.9 Å². The topological polar surface area (TPSA) is 63.6 Å². The highest BCUT2D eigenvalue weighted by Crippen LogP contribution is 2.16. The molecule has 1 atom stereocenters. The van der Waals surface area contributed by atoms with Crippen LogP contribution >= 0.6 is 0 Å². The third kappa shape index (κ3) is 37.8. The molecule has 1 N–H and O–H groups in total. The van der Waals surface area contributed by atoms with Gasteiger partial charge in [0.2, 0.25) is 0 Å². The SMILES string of the molecule is CC/C=C\C/C=C\C/C=C\C/C=C\C/C=C\C/C=C\CCC(=O)OC(CCCCCCCCCCCCCCCCCCC)CC(=O)O. The molecule has 0 radical (unpaired) electrons. The van der Waals surface area contributed by atoms with E-state index in [2.05, 4.69) is 80.7 Å². The third-order valence-corrected chi connectivity index (χ3v) is 8.44. The number of aliphatic carboxylic acids is 1. The molecule has 4 heteroatoms. The summed E-state index contributed by atoms with van der Waals surface area (Å²) >= 11 is 0. The van der Waals surface area contributed by atoms with Crippen LogP contribution < -0.4 is 0 Å². The minimum Gasteiger partial charge on any atom is -0.481 e. The monoisotopic (exact) mass is 667 g/mol. The van der Waals surface area contributed by atoms with Gasteiger partial charge in [-0.2, -0.15) is 0 Å². The molecule has 0 bridgehead atoms. The van der Waals surface area contributed by atoms with E-state index in [4.69, 9.17) is 4.74 Å². The summed E-state index contributed by atoms with van der Waals surface area (Å²) in [7, 11) is 0. The van der Waals surface area contributed by atoms with Crippen molar-refractivity contribution in [3.63, 3.8) is 0 Å². The van der Waals surface area contributed by atoms with Crippen LogP contribution in [0, 0.1) is 0 Å². The second kappa shape index (κ2) is 38.8. The van der Waals surface area contributed by atoms with Crippen LogP contribution in [0.3, 0.4) is 0 Å². The molecule has 0 aliphatic rings. The molecule has 1 unspecified atom stereocenters. The quantitative estimate of drug-likeness (QED) is 0.0415. The maximum Gasteiger partial charge on any atom is 0.307 e. The summed E-state index contributed by atoms with van der Waals surface area (Å²) in [6, 6.07) is 0. The van der Waals surface area contributed by atoms with Crippen molar-refractivity contribution in [3.8, 4) is 0 Å². The van der Waals surface area contributed by atoms with Gasteiger partial charge in [0.25, 0.3) is 0 Å². The Morgan fingerprint density at radius 1 is 0.500 bits per heavy atom. The highest BCUT2D eigenvalue weighted by molar-refractivity contribution is 5.71. The first-order valence-electron chi connectivity index (χ1n) is 19.9. The molecule has 274 valence electrons. The molecule has 0 amide bonds. The molecule has 0 saturated heterocycles. The Hall–Kier alpha value is -2.62. The Labute approximate surface area is 297 Å². The zero-order chi connectivity index (χ0) is 35.0. The summed E-state index contributed by atoms with van der Waals surface area (Å²) < 4.78 is 5.54. The van der Waals surface area contributed by atoms with Crippen LogP contribution in [0.4, 0.5) is 0 Å². The van der Waals surface area contributed by atoms with Gasteiger partial charge >= 0.3 is 11.9 Å². The maximum absolute atomic E-state index is 12.3. The third-order valence-electron chi connectivity index (χ3n) is 8.44. The van der Waals surface area contributed by atoms with E-state index in [1.165, 1.54) is 96.3 Å². The van der Waals surface area contributed by atoms with Crippen LogP contribution in [0.5, 0.6) is 0 Å². The van der Waals surface area contributed by atoms with E-state index in [9.17, 15) is 14.7 Å². The molecule has 0 aliphatic heterocycles. The van der Waals surface area contributed by atoms with Gasteiger partial charge in [-0.05, 0) is 57.8 Å². The van der Waals surface area contributed by atoms with E-state index >= 15 is 0 Å². The highest BCUT2D eigenvalue weighted by Gasteiger charge is 2.17. The average Bonchev–Trinajstić information content (AvgIpc) is 3.06. The molecular weight excluding hydrogens is 592 g/mol. The van der Waals surface area contributed by atoms with Crippen molar-refractivity contribution in [2.75, 3.05) is 0 Å². The lowest BCUT2D eigenvalue weighted by Crippen LogP contribution is -2.21. The standard InChI is InChI=1S/C44H74O4/c1-3-5-7-9-11-13-15-17-19-21-22-24-26-28-30-32-34-36-38-40-44(47)48-42(41-43(45)46)39-37-35-33-31-29-27-25-23-20-18-16-14-12-10-8-6-4-2/h5,7,11,13,17,19,22,24,28,30,34,36,42H,3-4,6,8-10,12,14-16,18,20-21,23,25-27,29,31-33,35,37-41H2,1-2H3,(H,45,46)/b7-5-,13-11-,19-17-,24-22-,30-28-,36-34-. The van der Waals surface area contributed by atoms with E-state index in [0.717, 1.165) is 51.4 Å². The maximum atomic E-state index is 12.3. The van der Waals surface area contributed by atoms with Gasteiger partial charge in [-0.1, -0.05) is 189 Å². The van der Waals surface area contributed by atoms with Crippen molar-refractivity contribution >= 4 is 11.9 Å². The molecular formula is C44H74O4. The lowest BCUT2D eigenvalue weighted by atomic mass is 10.0. The van der Waals surface area contributed by atoms with Crippen LogP contribution in [0.2, 0.25) is 0 Å². The molecule has 0 saturated carbocycles. The van der Waals surface area contributed by atoms with Gasteiger partial charge in [-0.25, -0.2) is 0 Å². The first kappa shape index (κ1) is 45.4. The van der Waals surface area contributed by atoms with Crippen molar-refractivity contribution < 1.29 is 19.4 Å². The first-order chi connectivity index (χ1) is 23.6.